The second-order valence-electron chi connectivity index (χ2n) is 6.29. The highest BCUT2D eigenvalue weighted by atomic mass is 16.2. The third-order valence-electron chi connectivity index (χ3n) is 4.90. The number of carbonyl (C=O) groups is 1. The number of amides is 1. The fourth-order valence-corrected chi connectivity index (χ4v) is 3.69. The summed E-state index contributed by atoms with van der Waals surface area (Å²) >= 11 is 0. The molecule has 2 nitrogen and oxygen atoms in total. The van der Waals surface area contributed by atoms with Crippen molar-refractivity contribution in [1.82, 2.24) is 4.90 Å². The van der Waals surface area contributed by atoms with Crippen LogP contribution in [0.25, 0.3) is 0 Å². The van der Waals surface area contributed by atoms with E-state index >= 15 is 0 Å². The molecule has 2 aliphatic rings. The first-order valence-corrected chi connectivity index (χ1v) is 7.45. The monoisotopic (exact) mass is 249 g/mol. The second kappa shape index (κ2) is 5.46. The highest BCUT2D eigenvalue weighted by Gasteiger charge is 2.45. The molecule has 0 aromatic rings. The number of carbonyl (C=O) groups excluding carboxylic acids is 1. The molecule has 0 spiro atoms. The van der Waals surface area contributed by atoms with E-state index in [2.05, 4.69) is 26.8 Å². The molecule has 0 aromatic heterocycles. The minimum atomic E-state index is 0.232. The molecule has 0 N–H and O–H groups in total. The second-order valence-corrected chi connectivity index (χ2v) is 6.29. The van der Waals surface area contributed by atoms with Crippen molar-refractivity contribution in [3.63, 3.8) is 0 Å². The lowest BCUT2D eigenvalue weighted by molar-refractivity contribution is -0.128. The first-order chi connectivity index (χ1) is 8.52. The molecular weight excluding hydrogens is 222 g/mol. The van der Waals surface area contributed by atoms with Crippen LogP contribution in [0.3, 0.4) is 0 Å². The van der Waals surface area contributed by atoms with Gasteiger partial charge < -0.3 is 4.90 Å². The van der Waals surface area contributed by atoms with Crippen molar-refractivity contribution < 1.29 is 4.79 Å². The average molecular weight is 249 g/mol. The molecule has 1 fully saturated rings. The number of hydrogen-bond donors (Lipinski definition) is 0. The topological polar surface area (TPSA) is 20.3 Å². The molecule has 0 radical (unpaired) electrons. The van der Waals surface area contributed by atoms with Gasteiger partial charge in [-0.05, 0) is 56.8 Å². The van der Waals surface area contributed by atoms with Crippen LogP contribution in [0.1, 0.15) is 47.0 Å². The van der Waals surface area contributed by atoms with Gasteiger partial charge >= 0.3 is 0 Å². The lowest BCUT2D eigenvalue weighted by atomic mass is 9.78. The molecule has 0 heterocycles. The predicted molar refractivity (Wildman–Crippen MR) is 75.2 cm³/mol. The van der Waals surface area contributed by atoms with E-state index in [1.165, 1.54) is 19.3 Å². The number of nitrogens with zero attached hydrogens (tertiary/aromatic N) is 1. The maximum atomic E-state index is 11.4. The van der Waals surface area contributed by atoms with E-state index in [1.54, 1.807) is 12.5 Å². The van der Waals surface area contributed by atoms with Crippen molar-refractivity contribution in [3.05, 3.63) is 11.6 Å². The lowest BCUT2D eigenvalue weighted by Crippen LogP contribution is -2.31. The Morgan fingerprint density at radius 1 is 1.44 bits per heavy atom. The van der Waals surface area contributed by atoms with E-state index in [9.17, 15) is 4.79 Å². The Bertz CT molecular complexity index is 347. The Morgan fingerprint density at radius 3 is 2.72 bits per heavy atom. The van der Waals surface area contributed by atoms with E-state index in [0.29, 0.717) is 0 Å². The number of allylic oxidation sites excluding steroid dienone is 2. The summed E-state index contributed by atoms with van der Waals surface area (Å²) in [5.41, 5.74) is 1.56. The molecule has 2 aliphatic carbocycles. The van der Waals surface area contributed by atoms with E-state index in [-0.39, 0.29) is 5.91 Å². The molecule has 1 amide bonds. The largest absolute Gasteiger partial charge is 0.343 e. The minimum absolute atomic E-state index is 0.232. The smallest absolute Gasteiger partial charge is 0.219 e. The summed E-state index contributed by atoms with van der Waals surface area (Å²) in [7, 11) is 0. The van der Waals surface area contributed by atoms with Crippen LogP contribution in [-0.4, -0.2) is 23.9 Å². The van der Waals surface area contributed by atoms with Gasteiger partial charge in [-0.3, -0.25) is 4.79 Å². The van der Waals surface area contributed by atoms with Crippen LogP contribution in [0.4, 0.5) is 0 Å². The molecule has 2 heteroatoms. The third-order valence-corrected chi connectivity index (χ3v) is 4.90. The van der Waals surface area contributed by atoms with Crippen LogP contribution in [0.15, 0.2) is 11.6 Å². The van der Waals surface area contributed by atoms with E-state index in [4.69, 9.17) is 0 Å². The van der Waals surface area contributed by atoms with Gasteiger partial charge in [0.1, 0.15) is 0 Å². The fraction of sp³-hybridized carbons (Fsp3) is 0.812. The third kappa shape index (κ3) is 2.96. The van der Waals surface area contributed by atoms with Gasteiger partial charge in [0.15, 0.2) is 0 Å². The fourth-order valence-electron chi connectivity index (χ4n) is 3.69. The van der Waals surface area contributed by atoms with Crippen LogP contribution in [0, 0.1) is 23.7 Å². The lowest BCUT2D eigenvalue weighted by Gasteiger charge is -2.28. The van der Waals surface area contributed by atoms with Crippen molar-refractivity contribution in [1.29, 1.82) is 0 Å². The standard InChI is InChI=1S/C16H27NO/c1-5-17(13(4)18)10-14-9-16(14)15-7-6-11(2)8-12(15)3/h8,12,14-16H,5-7,9-10H2,1-4H3. The average Bonchev–Trinajstić information content (AvgIpc) is 3.04. The van der Waals surface area contributed by atoms with Crippen molar-refractivity contribution in [2.24, 2.45) is 23.7 Å². The summed E-state index contributed by atoms with van der Waals surface area (Å²) in [6.07, 6.45) is 6.44. The zero-order valence-electron chi connectivity index (χ0n) is 12.3. The van der Waals surface area contributed by atoms with Crippen LogP contribution in [-0.2, 0) is 4.79 Å². The van der Waals surface area contributed by atoms with Crippen LogP contribution in [0.5, 0.6) is 0 Å². The number of hydrogen-bond acceptors (Lipinski definition) is 1. The summed E-state index contributed by atoms with van der Waals surface area (Å²) in [5, 5.41) is 0. The molecule has 18 heavy (non-hydrogen) atoms. The SMILES string of the molecule is CCN(CC1CC1C1CCC(C)=CC1C)C(C)=O. The van der Waals surface area contributed by atoms with Gasteiger partial charge in [0, 0.05) is 20.0 Å². The molecule has 0 bridgehead atoms. The highest BCUT2D eigenvalue weighted by molar-refractivity contribution is 5.73. The van der Waals surface area contributed by atoms with Crippen molar-refractivity contribution in [3.8, 4) is 0 Å². The molecule has 0 saturated heterocycles. The maximum absolute atomic E-state index is 11.4. The van der Waals surface area contributed by atoms with Crippen LogP contribution < -0.4 is 0 Å². The van der Waals surface area contributed by atoms with Gasteiger partial charge in [-0.15, -0.1) is 0 Å². The predicted octanol–water partition coefficient (Wildman–Crippen LogP) is 3.48. The van der Waals surface area contributed by atoms with Crippen molar-refractivity contribution in [2.75, 3.05) is 13.1 Å². The van der Waals surface area contributed by atoms with Crippen LogP contribution in [0.2, 0.25) is 0 Å². The maximum Gasteiger partial charge on any atom is 0.219 e. The highest BCUT2D eigenvalue weighted by Crippen LogP contribution is 2.51. The van der Waals surface area contributed by atoms with E-state index in [0.717, 1.165) is 36.8 Å². The zero-order valence-corrected chi connectivity index (χ0v) is 12.3. The molecule has 0 aliphatic heterocycles. The van der Waals surface area contributed by atoms with Gasteiger partial charge in [0.2, 0.25) is 5.91 Å². The normalized spacial score (nSPS) is 35.0. The molecule has 0 aromatic carbocycles. The van der Waals surface area contributed by atoms with Gasteiger partial charge in [-0.1, -0.05) is 18.6 Å². The zero-order chi connectivity index (χ0) is 13.3. The van der Waals surface area contributed by atoms with Gasteiger partial charge in [0.05, 0.1) is 0 Å². The Hall–Kier alpha value is -0.790. The van der Waals surface area contributed by atoms with Gasteiger partial charge in [-0.25, -0.2) is 0 Å². The van der Waals surface area contributed by atoms with Crippen molar-refractivity contribution in [2.45, 2.75) is 47.0 Å². The Labute approximate surface area is 111 Å². The van der Waals surface area contributed by atoms with Gasteiger partial charge in [-0.2, -0.15) is 0 Å². The molecule has 4 unspecified atom stereocenters. The van der Waals surface area contributed by atoms with Crippen LogP contribution >= 0.6 is 0 Å². The van der Waals surface area contributed by atoms with E-state index < -0.39 is 0 Å². The van der Waals surface area contributed by atoms with E-state index in [1.807, 2.05) is 4.90 Å². The summed E-state index contributed by atoms with van der Waals surface area (Å²) in [6, 6.07) is 0. The Kier molecular flexibility index (Phi) is 4.14. The molecule has 1 saturated carbocycles. The summed E-state index contributed by atoms with van der Waals surface area (Å²) in [6.45, 7) is 10.2. The summed E-state index contributed by atoms with van der Waals surface area (Å²) in [4.78, 5) is 13.4. The van der Waals surface area contributed by atoms with Gasteiger partial charge in [0.25, 0.3) is 0 Å². The molecule has 4 atom stereocenters. The minimum Gasteiger partial charge on any atom is -0.343 e. The van der Waals surface area contributed by atoms with Crippen molar-refractivity contribution >= 4 is 5.91 Å². The first kappa shape index (κ1) is 13.6. The molecule has 2 rings (SSSR count). The number of rotatable bonds is 4. The molecule has 102 valence electrons. The summed E-state index contributed by atoms with van der Waals surface area (Å²) < 4.78 is 0. The Balaban J connectivity index is 1.86. The Morgan fingerprint density at radius 2 is 2.17 bits per heavy atom. The summed E-state index contributed by atoms with van der Waals surface area (Å²) in [5.74, 6) is 3.48. The first-order valence-electron chi connectivity index (χ1n) is 7.45. The quantitative estimate of drug-likeness (QED) is 0.698. The molecular formula is C16H27NO.